The molecular weight excluding hydrogens is 382 g/mol. The lowest BCUT2D eigenvalue weighted by Gasteiger charge is -2.28. The third-order valence-electron chi connectivity index (χ3n) is 3.79. The van der Waals surface area contributed by atoms with Crippen molar-refractivity contribution in [3.05, 3.63) is 26.6 Å². The molecule has 1 aromatic carbocycles. The highest BCUT2D eigenvalue weighted by molar-refractivity contribution is 9.11. The predicted molar refractivity (Wildman–Crippen MR) is 91.2 cm³/mol. The molecule has 1 saturated carbocycles. The highest BCUT2D eigenvalue weighted by Gasteiger charge is 2.22. The van der Waals surface area contributed by atoms with Gasteiger partial charge in [-0.3, -0.25) is 0 Å². The Balaban J connectivity index is 2.11. The van der Waals surface area contributed by atoms with Crippen molar-refractivity contribution >= 4 is 31.9 Å². The van der Waals surface area contributed by atoms with Crippen LogP contribution in [0.2, 0.25) is 0 Å². The summed E-state index contributed by atoms with van der Waals surface area (Å²) in [6.07, 6.45) is 6.12. The number of hydrogen-bond acceptors (Lipinski definition) is 2. The third kappa shape index (κ3) is 4.47. The van der Waals surface area contributed by atoms with E-state index < -0.39 is 0 Å². The molecule has 20 heavy (non-hydrogen) atoms. The van der Waals surface area contributed by atoms with Crippen LogP contribution in [0.5, 0.6) is 5.75 Å². The van der Waals surface area contributed by atoms with Crippen LogP contribution in [-0.2, 0) is 6.42 Å². The molecule has 0 aliphatic heterocycles. The zero-order valence-electron chi connectivity index (χ0n) is 12.2. The minimum atomic E-state index is 0.166. The van der Waals surface area contributed by atoms with Gasteiger partial charge in [-0.25, -0.2) is 0 Å². The molecule has 2 nitrogen and oxygen atoms in total. The topological polar surface area (TPSA) is 35.2 Å². The van der Waals surface area contributed by atoms with Gasteiger partial charge in [0.1, 0.15) is 5.75 Å². The summed E-state index contributed by atoms with van der Waals surface area (Å²) in [7, 11) is 0. The fraction of sp³-hybridized carbons (Fsp3) is 0.625. The van der Waals surface area contributed by atoms with Gasteiger partial charge in [0.15, 0.2) is 0 Å². The Morgan fingerprint density at radius 1 is 1.30 bits per heavy atom. The second-order valence-electron chi connectivity index (χ2n) is 6.08. The lowest BCUT2D eigenvalue weighted by molar-refractivity contribution is 0.127. The van der Waals surface area contributed by atoms with Gasteiger partial charge in [0.2, 0.25) is 0 Å². The van der Waals surface area contributed by atoms with E-state index in [0.717, 1.165) is 39.9 Å². The Labute approximate surface area is 138 Å². The van der Waals surface area contributed by atoms with Crippen molar-refractivity contribution in [3.8, 4) is 5.75 Å². The average Bonchev–Trinajstić information content (AvgIpc) is 2.33. The molecule has 1 aliphatic rings. The number of nitrogens with two attached hydrogens (primary N) is 1. The second-order valence-corrected chi connectivity index (χ2v) is 7.79. The molecule has 4 heteroatoms. The molecule has 0 spiro atoms. The molecule has 1 aliphatic carbocycles. The Morgan fingerprint density at radius 2 is 1.95 bits per heavy atom. The normalized spacial score (nSPS) is 24.4. The van der Waals surface area contributed by atoms with Crippen LogP contribution in [0.25, 0.3) is 0 Å². The molecule has 3 unspecified atom stereocenters. The van der Waals surface area contributed by atoms with Crippen molar-refractivity contribution in [1.82, 2.24) is 0 Å². The van der Waals surface area contributed by atoms with E-state index in [4.69, 9.17) is 10.5 Å². The minimum absolute atomic E-state index is 0.166. The summed E-state index contributed by atoms with van der Waals surface area (Å²) < 4.78 is 8.25. The Bertz CT molecular complexity index is 439. The number of rotatable bonds is 4. The van der Waals surface area contributed by atoms with Gasteiger partial charge in [-0.05, 0) is 88.1 Å². The van der Waals surface area contributed by atoms with Crippen molar-refractivity contribution in [2.45, 2.75) is 58.1 Å². The molecule has 2 N–H and O–H groups in total. The highest BCUT2D eigenvalue weighted by Crippen LogP contribution is 2.38. The maximum atomic E-state index is 6.22. The number of halogens is 2. The lowest BCUT2D eigenvalue weighted by atomic mass is 9.89. The molecule has 3 atom stereocenters. The molecule has 2 rings (SSSR count). The predicted octanol–water partition coefficient (Wildman–Crippen LogP) is 5.06. The number of ether oxygens (including phenoxy) is 1. The van der Waals surface area contributed by atoms with E-state index in [2.05, 4.69) is 50.9 Å². The summed E-state index contributed by atoms with van der Waals surface area (Å²) in [5.74, 6) is 1.70. The Kier molecular flexibility index (Phi) is 5.94. The first-order valence-electron chi connectivity index (χ1n) is 7.36. The summed E-state index contributed by atoms with van der Waals surface area (Å²) >= 11 is 7.27. The lowest BCUT2D eigenvalue weighted by Crippen LogP contribution is -2.24. The molecule has 0 bridgehead atoms. The standard InChI is InChI=1S/C16H23Br2NO/c1-10-4-3-5-13(6-10)20-16-14(17)8-12(7-11(2)19)9-15(16)18/h8-11,13H,3-7,19H2,1-2H3. The molecule has 1 aromatic rings. The highest BCUT2D eigenvalue weighted by atomic mass is 79.9. The van der Waals surface area contributed by atoms with Crippen LogP contribution in [0.15, 0.2) is 21.1 Å². The zero-order valence-corrected chi connectivity index (χ0v) is 15.3. The van der Waals surface area contributed by atoms with Crippen molar-refractivity contribution in [2.75, 3.05) is 0 Å². The maximum absolute atomic E-state index is 6.22. The summed E-state index contributed by atoms with van der Waals surface area (Å²) in [6, 6.07) is 4.41. The van der Waals surface area contributed by atoms with Crippen molar-refractivity contribution in [2.24, 2.45) is 11.7 Å². The van der Waals surface area contributed by atoms with E-state index in [1.165, 1.54) is 18.4 Å². The van der Waals surface area contributed by atoms with Gasteiger partial charge >= 0.3 is 0 Å². The molecule has 0 heterocycles. The van der Waals surface area contributed by atoms with Gasteiger partial charge in [-0.1, -0.05) is 13.3 Å². The van der Waals surface area contributed by atoms with E-state index in [-0.39, 0.29) is 6.04 Å². The largest absolute Gasteiger partial charge is 0.488 e. The van der Waals surface area contributed by atoms with Crippen LogP contribution >= 0.6 is 31.9 Å². The summed E-state index contributed by atoms with van der Waals surface area (Å²) in [6.45, 7) is 4.33. The van der Waals surface area contributed by atoms with Crippen LogP contribution in [0.1, 0.15) is 45.1 Å². The monoisotopic (exact) mass is 403 g/mol. The van der Waals surface area contributed by atoms with Crippen LogP contribution in [0.4, 0.5) is 0 Å². The van der Waals surface area contributed by atoms with Crippen molar-refractivity contribution < 1.29 is 4.74 Å². The summed E-state index contributed by atoms with van der Waals surface area (Å²) in [5.41, 5.74) is 7.09. The quantitative estimate of drug-likeness (QED) is 0.761. The van der Waals surface area contributed by atoms with Gasteiger partial charge < -0.3 is 10.5 Å². The first-order valence-corrected chi connectivity index (χ1v) is 8.94. The summed E-state index contributed by atoms with van der Waals surface area (Å²) in [5, 5.41) is 0. The van der Waals surface area contributed by atoms with Gasteiger partial charge in [0.25, 0.3) is 0 Å². The minimum Gasteiger partial charge on any atom is -0.488 e. The third-order valence-corrected chi connectivity index (χ3v) is 4.97. The molecule has 0 saturated heterocycles. The van der Waals surface area contributed by atoms with Gasteiger partial charge in [0.05, 0.1) is 15.0 Å². The molecule has 112 valence electrons. The van der Waals surface area contributed by atoms with E-state index in [0.29, 0.717) is 6.10 Å². The summed E-state index contributed by atoms with van der Waals surface area (Å²) in [4.78, 5) is 0. The molecule has 0 radical (unpaired) electrons. The molecule has 0 aromatic heterocycles. The average molecular weight is 405 g/mol. The number of hydrogen-bond donors (Lipinski definition) is 1. The maximum Gasteiger partial charge on any atom is 0.148 e. The Hall–Kier alpha value is -0.0600. The van der Waals surface area contributed by atoms with Crippen molar-refractivity contribution in [1.29, 1.82) is 0 Å². The smallest absolute Gasteiger partial charge is 0.148 e. The SMILES string of the molecule is CC(N)Cc1cc(Br)c(OC2CCCC(C)C2)c(Br)c1. The molecular formula is C16H23Br2NO. The second kappa shape index (κ2) is 7.28. The molecule has 0 amide bonds. The first-order chi connectivity index (χ1) is 9.45. The van der Waals surface area contributed by atoms with E-state index in [1.54, 1.807) is 0 Å². The number of benzene rings is 1. The van der Waals surface area contributed by atoms with Crippen LogP contribution in [0, 0.1) is 5.92 Å². The van der Waals surface area contributed by atoms with E-state index >= 15 is 0 Å². The van der Waals surface area contributed by atoms with Crippen molar-refractivity contribution in [3.63, 3.8) is 0 Å². The van der Waals surface area contributed by atoms with E-state index in [9.17, 15) is 0 Å². The fourth-order valence-corrected chi connectivity index (χ4v) is 4.33. The Morgan fingerprint density at radius 3 is 2.50 bits per heavy atom. The van der Waals surface area contributed by atoms with Crippen LogP contribution in [-0.4, -0.2) is 12.1 Å². The van der Waals surface area contributed by atoms with Crippen LogP contribution in [0.3, 0.4) is 0 Å². The fourth-order valence-electron chi connectivity index (χ4n) is 2.87. The van der Waals surface area contributed by atoms with Gasteiger partial charge in [-0.15, -0.1) is 0 Å². The van der Waals surface area contributed by atoms with E-state index in [1.807, 2.05) is 6.92 Å². The first kappa shape index (κ1) is 16.3. The van der Waals surface area contributed by atoms with Gasteiger partial charge in [-0.2, -0.15) is 0 Å². The molecule has 1 fully saturated rings. The zero-order chi connectivity index (χ0) is 14.7. The van der Waals surface area contributed by atoms with Crippen LogP contribution < -0.4 is 10.5 Å². The van der Waals surface area contributed by atoms with Gasteiger partial charge in [0, 0.05) is 6.04 Å².